The van der Waals surface area contributed by atoms with Crippen molar-refractivity contribution in [1.82, 2.24) is 20.4 Å². The van der Waals surface area contributed by atoms with Crippen molar-refractivity contribution in [2.24, 2.45) is 4.99 Å². The van der Waals surface area contributed by atoms with Crippen molar-refractivity contribution >= 4 is 29.9 Å². The number of methoxy groups -OCH3 is 1. The van der Waals surface area contributed by atoms with Crippen LogP contribution in [0.1, 0.15) is 18.0 Å². The molecule has 1 aromatic carbocycles. The highest BCUT2D eigenvalue weighted by atomic mass is 127. The lowest BCUT2D eigenvalue weighted by Gasteiger charge is -2.27. The summed E-state index contributed by atoms with van der Waals surface area (Å²) in [6.07, 6.45) is -3.50. The highest BCUT2D eigenvalue weighted by Gasteiger charge is 2.34. The van der Waals surface area contributed by atoms with Crippen molar-refractivity contribution in [3.05, 3.63) is 29.8 Å². The lowest BCUT2D eigenvalue weighted by Crippen LogP contribution is -2.47. The standard InChI is InChI=1S/C19H30F3N5O.HI/c1-23-18(25-15-9-10-27(12-15)13-19(20,21)22)24-11-17(26(2)3)14-5-7-16(28-4)8-6-14;/h5-8,15,17H,9-13H2,1-4H3,(H2,23,24,25);1H. The van der Waals surface area contributed by atoms with E-state index in [0.29, 0.717) is 32.0 Å². The molecular weight excluding hydrogens is 498 g/mol. The van der Waals surface area contributed by atoms with Gasteiger partial charge < -0.3 is 20.3 Å². The molecule has 166 valence electrons. The van der Waals surface area contributed by atoms with Gasteiger partial charge in [-0.1, -0.05) is 12.1 Å². The molecule has 0 bridgehead atoms. The summed E-state index contributed by atoms with van der Waals surface area (Å²) in [5.74, 6) is 1.40. The van der Waals surface area contributed by atoms with Crippen molar-refractivity contribution in [1.29, 1.82) is 0 Å². The van der Waals surface area contributed by atoms with Gasteiger partial charge in [0.05, 0.1) is 19.7 Å². The van der Waals surface area contributed by atoms with Crippen LogP contribution in [0.4, 0.5) is 13.2 Å². The van der Waals surface area contributed by atoms with Gasteiger partial charge in [-0.3, -0.25) is 9.89 Å². The molecule has 0 aliphatic carbocycles. The monoisotopic (exact) mass is 529 g/mol. The summed E-state index contributed by atoms with van der Waals surface area (Å²) in [4.78, 5) is 7.74. The maximum atomic E-state index is 12.5. The molecule has 2 rings (SSSR count). The van der Waals surface area contributed by atoms with Gasteiger partial charge in [0.1, 0.15) is 5.75 Å². The molecule has 1 aliphatic rings. The van der Waals surface area contributed by atoms with E-state index in [1.807, 2.05) is 38.4 Å². The number of benzene rings is 1. The van der Waals surface area contributed by atoms with Gasteiger partial charge in [-0.2, -0.15) is 13.2 Å². The fraction of sp³-hybridized carbons (Fsp3) is 0.632. The molecule has 6 nitrogen and oxygen atoms in total. The third kappa shape index (κ3) is 8.55. The zero-order valence-electron chi connectivity index (χ0n) is 17.3. The van der Waals surface area contributed by atoms with Crippen LogP contribution < -0.4 is 15.4 Å². The largest absolute Gasteiger partial charge is 0.497 e. The number of likely N-dealkylation sites (N-methyl/N-ethyl adjacent to an activating group) is 1. The van der Waals surface area contributed by atoms with Gasteiger partial charge in [0.15, 0.2) is 5.96 Å². The number of guanidine groups is 1. The fourth-order valence-corrected chi connectivity index (χ4v) is 3.35. The number of nitrogens with zero attached hydrogens (tertiary/aromatic N) is 3. The molecule has 0 saturated carbocycles. The second-order valence-corrected chi connectivity index (χ2v) is 7.19. The molecule has 0 aromatic heterocycles. The molecule has 1 fully saturated rings. The van der Waals surface area contributed by atoms with Gasteiger partial charge >= 0.3 is 6.18 Å². The maximum Gasteiger partial charge on any atom is 0.401 e. The van der Waals surface area contributed by atoms with E-state index in [9.17, 15) is 13.2 Å². The van der Waals surface area contributed by atoms with E-state index in [1.54, 1.807) is 14.2 Å². The Bertz CT molecular complexity index is 640. The minimum absolute atomic E-state index is 0. The number of likely N-dealkylation sites (tertiary alicyclic amines) is 1. The Hall–Kier alpha value is -1.27. The molecule has 1 saturated heterocycles. The Kier molecular flexibility index (Phi) is 10.5. The summed E-state index contributed by atoms with van der Waals surface area (Å²) in [5, 5.41) is 6.53. The van der Waals surface area contributed by atoms with Crippen LogP contribution in [0.3, 0.4) is 0 Å². The van der Waals surface area contributed by atoms with Gasteiger partial charge in [0.25, 0.3) is 0 Å². The van der Waals surface area contributed by atoms with Crippen molar-refractivity contribution in [2.45, 2.75) is 24.7 Å². The number of alkyl halides is 3. The first-order valence-corrected chi connectivity index (χ1v) is 9.28. The Morgan fingerprint density at radius 1 is 1.31 bits per heavy atom. The first-order valence-electron chi connectivity index (χ1n) is 9.28. The zero-order chi connectivity index (χ0) is 20.7. The van der Waals surface area contributed by atoms with Crippen molar-refractivity contribution in [3.8, 4) is 5.75 Å². The van der Waals surface area contributed by atoms with E-state index in [-0.39, 0.29) is 36.1 Å². The lowest BCUT2D eigenvalue weighted by atomic mass is 10.1. The fourth-order valence-electron chi connectivity index (χ4n) is 3.35. The molecule has 1 heterocycles. The van der Waals surface area contributed by atoms with E-state index >= 15 is 0 Å². The van der Waals surface area contributed by atoms with E-state index in [4.69, 9.17) is 4.74 Å². The number of hydrogen-bond acceptors (Lipinski definition) is 4. The van der Waals surface area contributed by atoms with E-state index < -0.39 is 12.7 Å². The molecule has 2 unspecified atom stereocenters. The summed E-state index contributed by atoms with van der Waals surface area (Å²) in [6, 6.07) is 7.95. The third-order valence-electron chi connectivity index (χ3n) is 4.83. The number of halogens is 4. The normalized spacial score (nSPS) is 19.0. The predicted octanol–water partition coefficient (Wildman–Crippen LogP) is 2.72. The van der Waals surface area contributed by atoms with E-state index in [1.165, 1.54) is 4.90 Å². The summed E-state index contributed by atoms with van der Waals surface area (Å²) in [7, 11) is 7.29. The molecular formula is C19H31F3IN5O. The first-order chi connectivity index (χ1) is 13.2. The SMILES string of the molecule is CN=C(NCC(c1ccc(OC)cc1)N(C)C)NC1CCN(CC(F)(F)F)C1.I. The highest BCUT2D eigenvalue weighted by Crippen LogP contribution is 2.21. The van der Waals surface area contributed by atoms with Gasteiger partial charge in [0, 0.05) is 32.7 Å². The smallest absolute Gasteiger partial charge is 0.401 e. The lowest BCUT2D eigenvalue weighted by molar-refractivity contribution is -0.143. The quantitative estimate of drug-likeness (QED) is 0.324. The molecule has 0 amide bonds. The molecule has 0 spiro atoms. The minimum atomic E-state index is -4.16. The van der Waals surface area contributed by atoms with Crippen molar-refractivity contribution in [2.75, 3.05) is 54.4 Å². The Morgan fingerprint density at radius 3 is 2.48 bits per heavy atom. The third-order valence-corrected chi connectivity index (χ3v) is 4.83. The zero-order valence-corrected chi connectivity index (χ0v) is 19.6. The Morgan fingerprint density at radius 2 is 1.97 bits per heavy atom. The van der Waals surface area contributed by atoms with Crippen molar-refractivity contribution in [3.63, 3.8) is 0 Å². The van der Waals surface area contributed by atoms with E-state index in [0.717, 1.165) is 11.3 Å². The van der Waals surface area contributed by atoms with Crippen LogP contribution in [-0.2, 0) is 0 Å². The molecule has 0 radical (unpaired) electrons. The van der Waals surface area contributed by atoms with Crippen LogP contribution >= 0.6 is 24.0 Å². The van der Waals surface area contributed by atoms with Gasteiger partial charge in [0.2, 0.25) is 0 Å². The van der Waals surface area contributed by atoms with Gasteiger partial charge in [-0.25, -0.2) is 0 Å². The molecule has 2 N–H and O–H groups in total. The Balaban J connectivity index is 0.00000420. The average Bonchev–Trinajstić information content (AvgIpc) is 3.06. The molecule has 1 aliphatic heterocycles. The predicted molar refractivity (Wildman–Crippen MR) is 120 cm³/mol. The number of hydrogen-bond donors (Lipinski definition) is 2. The van der Waals surface area contributed by atoms with Crippen LogP contribution in [0.15, 0.2) is 29.3 Å². The second-order valence-electron chi connectivity index (χ2n) is 7.19. The van der Waals surface area contributed by atoms with Crippen LogP contribution in [0.25, 0.3) is 0 Å². The summed E-state index contributed by atoms with van der Waals surface area (Å²) >= 11 is 0. The van der Waals surface area contributed by atoms with Gasteiger partial charge in [-0.15, -0.1) is 24.0 Å². The van der Waals surface area contributed by atoms with Gasteiger partial charge in [-0.05, 0) is 38.2 Å². The molecule has 29 heavy (non-hydrogen) atoms. The van der Waals surface area contributed by atoms with Crippen LogP contribution in [0, 0.1) is 0 Å². The summed E-state index contributed by atoms with van der Waals surface area (Å²) in [6.45, 7) is 0.533. The second kappa shape index (κ2) is 11.8. The number of rotatable bonds is 7. The maximum absolute atomic E-state index is 12.5. The number of nitrogens with one attached hydrogen (secondary N) is 2. The summed E-state index contributed by atoms with van der Waals surface area (Å²) < 4.78 is 42.8. The minimum Gasteiger partial charge on any atom is -0.497 e. The summed E-state index contributed by atoms with van der Waals surface area (Å²) in [5.41, 5.74) is 1.13. The highest BCUT2D eigenvalue weighted by molar-refractivity contribution is 14.0. The van der Waals surface area contributed by atoms with E-state index in [2.05, 4.69) is 20.5 Å². The van der Waals surface area contributed by atoms with Crippen LogP contribution in [0.2, 0.25) is 0 Å². The molecule has 1 aromatic rings. The average molecular weight is 529 g/mol. The topological polar surface area (TPSA) is 52.1 Å². The molecule has 10 heteroatoms. The van der Waals surface area contributed by atoms with Crippen molar-refractivity contribution < 1.29 is 17.9 Å². The van der Waals surface area contributed by atoms with Crippen LogP contribution in [-0.4, -0.2) is 82.4 Å². The number of ether oxygens (including phenoxy) is 1. The Labute approximate surface area is 187 Å². The number of aliphatic imine (C=N–C) groups is 1. The molecule has 2 atom stereocenters. The first kappa shape index (κ1) is 25.8. The van der Waals surface area contributed by atoms with Crippen LogP contribution in [0.5, 0.6) is 5.75 Å².